The first-order chi connectivity index (χ1) is 14.0. The fraction of sp³-hybridized carbons (Fsp3) is 0.474. The molecule has 1 aliphatic carbocycles. The predicted molar refractivity (Wildman–Crippen MR) is 101 cm³/mol. The molecule has 0 amide bonds. The summed E-state index contributed by atoms with van der Waals surface area (Å²) < 4.78 is 89.8. The summed E-state index contributed by atoms with van der Waals surface area (Å²) in [7, 11) is -0.591. The standard InChI is InChI=1S/C19H19F6N3OS/c1-2-30(26)28-7-5-17(6-8-28)15(18(17,21)22)14-10-29-16(27-14)12-4-3-11(20)9-13(12)19(23,24)25/h2-4,9-10,15H,5-8,26H2,1H3/t15-,30?/m0/s1. The van der Waals surface area contributed by atoms with Crippen LogP contribution in [0.15, 0.2) is 28.9 Å². The Bertz CT molecular complexity index is 994. The van der Waals surface area contributed by atoms with Crippen molar-refractivity contribution in [3.63, 3.8) is 0 Å². The van der Waals surface area contributed by atoms with E-state index in [2.05, 4.69) is 4.98 Å². The first kappa shape index (κ1) is 21.4. The van der Waals surface area contributed by atoms with Gasteiger partial charge in [-0.15, -0.1) is 0 Å². The highest BCUT2D eigenvalue weighted by molar-refractivity contribution is 8.10. The number of nitrogens with two attached hydrogens (primary N) is 1. The zero-order valence-electron chi connectivity index (χ0n) is 15.8. The van der Waals surface area contributed by atoms with Crippen molar-refractivity contribution in [2.75, 3.05) is 13.1 Å². The lowest BCUT2D eigenvalue weighted by Crippen LogP contribution is -2.35. The minimum Gasteiger partial charge on any atom is -0.444 e. The van der Waals surface area contributed by atoms with E-state index in [1.165, 1.54) is 0 Å². The van der Waals surface area contributed by atoms with E-state index in [0.29, 0.717) is 19.2 Å². The largest absolute Gasteiger partial charge is 0.444 e. The highest BCUT2D eigenvalue weighted by Gasteiger charge is 2.81. The number of benzene rings is 1. The van der Waals surface area contributed by atoms with Crippen LogP contribution in [0.25, 0.3) is 11.5 Å². The van der Waals surface area contributed by atoms with Crippen molar-refractivity contribution in [1.82, 2.24) is 9.29 Å². The normalized spacial score (nSPS) is 24.3. The van der Waals surface area contributed by atoms with Gasteiger partial charge < -0.3 is 4.42 Å². The van der Waals surface area contributed by atoms with E-state index in [9.17, 15) is 26.3 Å². The first-order valence-corrected chi connectivity index (χ1v) is 10.5. The maximum absolute atomic E-state index is 14.8. The Morgan fingerprint density at radius 3 is 2.53 bits per heavy atom. The molecule has 1 unspecified atom stereocenters. The van der Waals surface area contributed by atoms with Gasteiger partial charge in [0.1, 0.15) is 12.1 Å². The second kappa shape index (κ2) is 7.10. The molecule has 1 saturated carbocycles. The molecule has 1 aromatic heterocycles. The van der Waals surface area contributed by atoms with Crippen LogP contribution < -0.4 is 5.14 Å². The van der Waals surface area contributed by atoms with Crippen molar-refractivity contribution in [1.29, 1.82) is 0 Å². The van der Waals surface area contributed by atoms with Gasteiger partial charge in [-0.1, -0.05) is 10.9 Å². The van der Waals surface area contributed by atoms with Crippen molar-refractivity contribution in [2.24, 2.45) is 10.6 Å². The summed E-state index contributed by atoms with van der Waals surface area (Å²) in [6.45, 7) is 2.61. The number of rotatable bonds is 3. The minimum absolute atomic E-state index is 0.0882. The molecule has 11 heteroatoms. The molecule has 1 aromatic carbocycles. The number of piperidine rings is 1. The van der Waals surface area contributed by atoms with E-state index in [4.69, 9.17) is 9.56 Å². The third-order valence-corrected chi connectivity index (χ3v) is 7.43. The summed E-state index contributed by atoms with van der Waals surface area (Å²) in [6.07, 6.45) is -3.47. The van der Waals surface area contributed by atoms with Crippen LogP contribution in [0.1, 0.15) is 36.9 Å². The molecule has 2 N–H and O–H groups in total. The Morgan fingerprint density at radius 2 is 1.93 bits per heavy atom. The number of hydrogen-bond acceptors (Lipinski definition) is 4. The highest BCUT2D eigenvalue weighted by atomic mass is 32.2. The number of alkyl halides is 5. The maximum atomic E-state index is 14.8. The number of oxazole rings is 1. The fourth-order valence-electron chi connectivity index (χ4n) is 4.33. The van der Waals surface area contributed by atoms with Gasteiger partial charge in [-0.2, -0.15) is 13.2 Å². The van der Waals surface area contributed by atoms with Crippen LogP contribution in [-0.2, 0) is 6.18 Å². The summed E-state index contributed by atoms with van der Waals surface area (Å²) in [6, 6.07) is 2.06. The lowest BCUT2D eigenvalue weighted by Gasteiger charge is -2.32. The molecule has 4 nitrogen and oxygen atoms in total. The highest BCUT2D eigenvalue weighted by Crippen LogP contribution is 2.75. The van der Waals surface area contributed by atoms with E-state index in [1.807, 2.05) is 16.6 Å². The van der Waals surface area contributed by atoms with E-state index in [-0.39, 0.29) is 18.5 Å². The molecule has 164 valence electrons. The van der Waals surface area contributed by atoms with Gasteiger partial charge in [0.25, 0.3) is 5.92 Å². The van der Waals surface area contributed by atoms with E-state index in [0.717, 1.165) is 18.4 Å². The minimum atomic E-state index is -4.85. The second-order valence-electron chi connectivity index (χ2n) is 7.49. The topological polar surface area (TPSA) is 55.3 Å². The summed E-state index contributed by atoms with van der Waals surface area (Å²) in [5.74, 6) is -5.80. The van der Waals surface area contributed by atoms with Crippen molar-refractivity contribution in [3.05, 3.63) is 41.5 Å². The molecular formula is C19H19F6N3OS. The Kier molecular flexibility index (Phi) is 5.06. The van der Waals surface area contributed by atoms with Crippen LogP contribution in [0.3, 0.4) is 0 Å². The molecule has 1 saturated heterocycles. The quantitative estimate of drug-likeness (QED) is 0.515. The van der Waals surface area contributed by atoms with Crippen LogP contribution in [-0.4, -0.2) is 33.7 Å². The summed E-state index contributed by atoms with van der Waals surface area (Å²) >= 11 is 0. The Hall–Kier alpha value is -1.85. The van der Waals surface area contributed by atoms with Crippen molar-refractivity contribution in [2.45, 2.75) is 37.8 Å². The SMILES string of the molecule is C/C=S(\N)N1CCC2(CC1)[C@H](c1coc(-c3ccc(F)cc3C(F)(F)F)n1)C2(F)F. The maximum Gasteiger partial charge on any atom is 0.417 e. The molecule has 2 aliphatic rings. The first-order valence-electron chi connectivity index (χ1n) is 9.23. The molecule has 2 heterocycles. The predicted octanol–water partition coefficient (Wildman–Crippen LogP) is 5.19. The second-order valence-corrected chi connectivity index (χ2v) is 9.17. The molecule has 30 heavy (non-hydrogen) atoms. The van der Waals surface area contributed by atoms with E-state index < -0.39 is 57.1 Å². The molecular weight excluding hydrogens is 432 g/mol. The zero-order valence-corrected chi connectivity index (χ0v) is 16.7. The molecule has 2 aromatic rings. The molecule has 1 aliphatic heterocycles. The number of aromatic nitrogens is 1. The molecule has 2 fully saturated rings. The van der Waals surface area contributed by atoms with Gasteiger partial charge in [-0.05, 0) is 43.3 Å². The third-order valence-electron chi connectivity index (χ3n) is 5.99. The Balaban J connectivity index is 1.62. The summed E-state index contributed by atoms with van der Waals surface area (Å²) in [4.78, 5) is 3.95. The van der Waals surface area contributed by atoms with Crippen molar-refractivity contribution >= 4 is 16.2 Å². The lowest BCUT2D eigenvalue weighted by atomic mass is 9.91. The Morgan fingerprint density at radius 1 is 1.27 bits per heavy atom. The van der Waals surface area contributed by atoms with Gasteiger partial charge in [-0.25, -0.2) is 22.5 Å². The van der Waals surface area contributed by atoms with Gasteiger partial charge in [0.05, 0.1) is 22.6 Å². The number of hydrogen-bond donors (Lipinski definition) is 1. The monoisotopic (exact) mass is 451 g/mol. The van der Waals surface area contributed by atoms with Crippen LogP contribution in [0, 0.1) is 11.2 Å². The van der Waals surface area contributed by atoms with E-state index in [1.54, 1.807) is 0 Å². The average Bonchev–Trinajstić information content (AvgIpc) is 3.00. The van der Waals surface area contributed by atoms with Gasteiger partial charge in [0, 0.05) is 18.7 Å². The fourth-order valence-corrected chi connectivity index (χ4v) is 5.23. The van der Waals surface area contributed by atoms with Gasteiger partial charge in [0.2, 0.25) is 5.89 Å². The molecule has 1 spiro atoms. The molecule has 2 atom stereocenters. The smallest absolute Gasteiger partial charge is 0.417 e. The summed E-state index contributed by atoms with van der Waals surface area (Å²) in [5, 5.41) is 7.77. The van der Waals surface area contributed by atoms with Crippen molar-refractivity contribution in [3.8, 4) is 11.5 Å². The number of nitrogens with zero attached hydrogens (tertiary/aromatic N) is 2. The van der Waals surface area contributed by atoms with E-state index >= 15 is 0 Å². The van der Waals surface area contributed by atoms with Crippen LogP contribution in [0.2, 0.25) is 0 Å². The van der Waals surface area contributed by atoms with Crippen LogP contribution >= 0.6 is 10.9 Å². The molecule has 4 rings (SSSR count). The van der Waals surface area contributed by atoms with Gasteiger partial charge >= 0.3 is 6.18 Å². The summed E-state index contributed by atoms with van der Waals surface area (Å²) in [5.41, 5.74) is -3.15. The third kappa shape index (κ3) is 3.27. The Labute approximate surface area is 171 Å². The van der Waals surface area contributed by atoms with Gasteiger partial charge in [-0.3, -0.25) is 5.14 Å². The van der Waals surface area contributed by atoms with Gasteiger partial charge in [0.15, 0.2) is 0 Å². The number of halogens is 6. The van der Waals surface area contributed by atoms with Crippen LogP contribution in [0.5, 0.6) is 0 Å². The van der Waals surface area contributed by atoms with Crippen LogP contribution in [0.4, 0.5) is 26.3 Å². The molecule has 0 bridgehead atoms. The lowest BCUT2D eigenvalue weighted by molar-refractivity contribution is -0.137. The zero-order chi connectivity index (χ0) is 21.9. The van der Waals surface area contributed by atoms with Crippen molar-refractivity contribution < 1.29 is 30.8 Å². The molecule has 0 radical (unpaired) electrons. The average molecular weight is 451 g/mol.